The molecule has 0 saturated carbocycles. The number of aromatic nitrogens is 1. The third kappa shape index (κ3) is 2.54. The summed E-state index contributed by atoms with van der Waals surface area (Å²) in [5.74, 6) is -1.24. The third-order valence-electron chi connectivity index (χ3n) is 2.69. The molecule has 0 unspecified atom stereocenters. The number of halogens is 1. The van der Waals surface area contributed by atoms with Gasteiger partial charge in [-0.15, -0.1) is 0 Å². The number of amides is 1. The highest BCUT2D eigenvalue weighted by Gasteiger charge is 2.17. The molecular weight excluding hydrogens is 263 g/mol. The van der Waals surface area contributed by atoms with Crippen molar-refractivity contribution in [2.45, 2.75) is 6.92 Å². The Morgan fingerprint density at radius 3 is 2.75 bits per heavy atom. The second-order valence-electron chi connectivity index (χ2n) is 4.01. The molecule has 0 atom stereocenters. The van der Waals surface area contributed by atoms with E-state index in [2.05, 4.69) is 0 Å². The van der Waals surface area contributed by atoms with E-state index in [1.165, 1.54) is 30.5 Å². The molecule has 0 aliphatic rings. The number of carbonyl (C=O) groups excluding carboxylic acids is 1. The second-order valence-corrected chi connectivity index (χ2v) is 4.01. The van der Waals surface area contributed by atoms with Gasteiger partial charge in [-0.05, 0) is 31.2 Å². The highest BCUT2D eigenvalue weighted by molar-refractivity contribution is 5.95. The predicted molar refractivity (Wildman–Crippen MR) is 71.7 cm³/mol. The van der Waals surface area contributed by atoms with E-state index in [9.17, 15) is 14.0 Å². The molecule has 0 bridgehead atoms. The summed E-state index contributed by atoms with van der Waals surface area (Å²) in [5.41, 5.74) is 4.63. The number of ether oxygens (including phenoxy) is 1. The zero-order chi connectivity index (χ0) is 14.7. The molecule has 0 aliphatic heterocycles. The van der Waals surface area contributed by atoms with Crippen LogP contribution in [-0.4, -0.2) is 17.1 Å². The maximum atomic E-state index is 13.2. The smallest absolute Gasteiger partial charge is 0.271 e. The minimum Gasteiger partial charge on any atom is -0.493 e. The topological polar surface area (TPSA) is 74.3 Å². The van der Waals surface area contributed by atoms with E-state index in [0.29, 0.717) is 12.3 Å². The molecule has 5 nitrogen and oxygen atoms in total. The van der Waals surface area contributed by atoms with Crippen LogP contribution in [0.1, 0.15) is 17.3 Å². The summed E-state index contributed by atoms with van der Waals surface area (Å²) in [5, 5.41) is 0. The summed E-state index contributed by atoms with van der Waals surface area (Å²) >= 11 is 0. The number of nitrogens with zero attached hydrogens (tertiary/aromatic N) is 1. The average Bonchev–Trinajstić information content (AvgIpc) is 2.38. The van der Waals surface area contributed by atoms with Crippen LogP contribution in [0, 0.1) is 5.82 Å². The standard InChI is InChI=1S/C14H13FN2O3/c1-2-20-11-6-7-17(14(19)12(11)13(16)18)10-5-3-4-9(15)8-10/h3-8H,2H2,1H3,(H2,16,18). The van der Waals surface area contributed by atoms with E-state index in [-0.39, 0.29) is 11.3 Å². The van der Waals surface area contributed by atoms with Crippen molar-refractivity contribution in [3.8, 4) is 11.4 Å². The van der Waals surface area contributed by atoms with Gasteiger partial charge in [0.05, 0.1) is 12.3 Å². The maximum Gasteiger partial charge on any atom is 0.271 e. The molecule has 0 fully saturated rings. The van der Waals surface area contributed by atoms with Crippen molar-refractivity contribution in [2.75, 3.05) is 6.61 Å². The van der Waals surface area contributed by atoms with Crippen LogP contribution in [0.2, 0.25) is 0 Å². The average molecular weight is 276 g/mol. The molecule has 2 rings (SSSR count). The number of rotatable bonds is 4. The highest BCUT2D eigenvalue weighted by Crippen LogP contribution is 2.16. The van der Waals surface area contributed by atoms with Crippen LogP contribution in [0.4, 0.5) is 4.39 Å². The van der Waals surface area contributed by atoms with Crippen molar-refractivity contribution in [2.24, 2.45) is 5.73 Å². The molecule has 0 spiro atoms. The maximum absolute atomic E-state index is 13.2. The fourth-order valence-corrected chi connectivity index (χ4v) is 1.85. The van der Waals surface area contributed by atoms with Gasteiger partial charge in [0.15, 0.2) is 0 Å². The summed E-state index contributed by atoms with van der Waals surface area (Å²) in [6, 6.07) is 6.92. The third-order valence-corrected chi connectivity index (χ3v) is 2.69. The normalized spacial score (nSPS) is 10.3. The Kier molecular flexibility index (Phi) is 3.84. The second kappa shape index (κ2) is 5.56. The molecule has 0 aliphatic carbocycles. The van der Waals surface area contributed by atoms with Crippen LogP contribution in [0.15, 0.2) is 41.3 Å². The zero-order valence-corrected chi connectivity index (χ0v) is 10.8. The molecule has 2 N–H and O–H groups in total. The first-order valence-corrected chi connectivity index (χ1v) is 5.98. The van der Waals surface area contributed by atoms with Gasteiger partial charge in [0.25, 0.3) is 11.5 Å². The minimum atomic E-state index is -0.885. The summed E-state index contributed by atoms with van der Waals surface area (Å²) in [7, 11) is 0. The molecule has 1 aromatic heterocycles. The molecule has 20 heavy (non-hydrogen) atoms. The number of primary amides is 1. The Morgan fingerprint density at radius 1 is 1.40 bits per heavy atom. The lowest BCUT2D eigenvalue weighted by atomic mass is 10.2. The largest absolute Gasteiger partial charge is 0.493 e. The van der Waals surface area contributed by atoms with Crippen molar-refractivity contribution in [1.82, 2.24) is 4.57 Å². The molecule has 1 aromatic carbocycles. The Bertz CT molecular complexity index is 710. The van der Waals surface area contributed by atoms with Gasteiger partial charge in [-0.25, -0.2) is 4.39 Å². The number of hydrogen-bond acceptors (Lipinski definition) is 3. The summed E-state index contributed by atoms with van der Waals surface area (Å²) in [6.45, 7) is 2.02. The first-order valence-electron chi connectivity index (χ1n) is 5.98. The van der Waals surface area contributed by atoms with Crippen LogP contribution >= 0.6 is 0 Å². The highest BCUT2D eigenvalue weighted by atomic mass is 19.1. The van der Waals surface area contributed by atoms with Crippen LogP contribution in [-0.2, 0) is 0 Å². The fourth-order valence-electron chi connectivity index (χ4n) is 1.85. The number of nitrogens with two attached hydrogens (primary N) is 1. The van der Waals surface area contributed by atoms with E-state index < -0.39 is 17.3 Å². The van der Waals surface area contributed by atoms with Gasteiger partial charge in [-0.2, -0.15) is 0 Å². The first kappa shape index (κ1) is 13.8. The lowest BCUT2D eigenvalue weighted by Crippen LogP contribution is -2.29. The molecule has 2 aromatic rings. The van der Waals surface area contributed by atoms with Crippen molar-refractivity contribution < 1.29 is 13.9 Å². The van der Waals surface area contributed by atoms with Crippen molar-refractivity contribution in [3.63, 3.8) is 0 Å². The number of pyridine rings is 1. The Balaban J connectivity index is 2.65. The Labute approximate surface area is 114 Å². The van der Waals surface area contributed by atoms with Gasteiger partial charge in [-0.3, -0.25) is 14.2 Å². The lowest BCUT2D eigenvalue weighted by molar-refractivity contribution is 0.0994. The molecule has 0 saturated heterocycles. The van der Waals surface area contributed by atoms with Gasteiger partial charge in [0.1, 0.15) is 17.1 Å². The van der Waals surface area contributed by atoms with Gasteiger partial charge in [0.2, 0.25) is 0 Å². The van der Waals surface area contributed by atoms with Gasteiger partial charge in [0, 0.05) is 6.20 Å². The van der Waals surface area contributed by atoms with Crippen molar-refractivity contribution >= 4 is 5.91 Å². The van der Waals surface area contributed by atoms with Gasteiger partial charge in [-0.1, -0.05) is 6.07 Å². The SMILES string of the molecule is CCOc1ccn(-c2cccc(F)c2)c(=O)c1C(N)=O. The zero-order valence-electron chi connectivity index (χ0n) is 10.8. The predicted octanol–water partition coefficient (Wildman–Crippen LogP) is 1.47. The van der Waals surface area contributed by atoms with Crippen LogP contribution in [0.5, 0.6) is 5.75 Å². The number of benzene rings is 1. The molecule has 6 heteroatoms. The van der Waals surface area contributed by atoms with E-state index in [1.54, 1.807) is 13.0 Å². The van der Waals surface area contributed by atoms with E-state index >= 15 is 0 Å². The lowest BCUT2D eigenvalue weighted by Gasteiger charge is -2.11. The summed E-state index contributed by atoms with van der Waals surface area (Å²) in [6.07, 6.45) is 1.41. The van der Waals surface area contributed by atoms with Gasteiger partial charge >= 0.3 is 0 Å². The van der Waals surface area contributed by atoms with Gasteiger partial charge < -0.3 is 10.5 Å². The van der Waals surface area contributed by atoms with E-state index in [4.69, 9.17) is 10.5 Å². The first-order chi connectivity index (χ1) is 9.54. The Hall–Kier alpha value is -2.63. The molecular formula is C14H13FN2O3. The monoisotopic (exact) mass is 276 g/mol. The quantitative estimate of drug-likeness (QED) is 0.919. The molecule has 1 heterocycles. The summed E-state index contributed by atoms with van der Waals surface area (Å²) < 4.78 is 19.6. The van der Waals surface area contributed by atoms with E-state index in [1.807, 2.05) is 0 Å². The van der Waals surface area contributed by atoms with Crippen molar-refractivity contribution in [1.29, 1.82) is 0 Å². The van der Waals surface area contributed by atoms with E-state index in [0.717, 1.165) is 4.57 Å². The minimum absolute atomic E-state index is 0.123. The van der Waals surface area contributed by atoms with Crippen LogP contribution in [0.3, 0.4) is 0 Å². The number of carbonyl (C=O) groups is 1. The molecule has 0 radical (unpaired) electrons. The fraction of sp³-hybridized carbons (Fsp3) is 0.143. The summed E-state index contributed by atoms with van der Waals surface area (Å²) in [4.78, 5) is 23.7. The Morgan fingerprint density at radius 2 is 2.15 bits per heavy atom. The molecule has 104 valence electrons. The van der Waals surface area contributed by atoms with Crippen LogP contribution < -0.4 is 16.0 Å². The van der Waals surface area contributed by atoms with Crippen LogP contribution in [0.25, 0.3) is 5.69 Å². The molecule has 1 amide bonds. The number of hydrogen-bond donors (Lipinski definition) is 1. The van der Waals surface area contributed by atoms with Crippen molar-refractivity contribution in [3.05, 3.63) is 58.3 Å².